The second-order valence-electron chi connectivity index (χ2n) is 7.76. The maximum absolute atomic E-state index is 14.1. The van der Waals surface area contributed by atoms with Crippen LogP contribution in [-0.2, 0) is 14.6 Å². The molecular formula is C23H23FN5O4S+. The zero-order valence-corrected chi connectivity index (χ0v) is 19.2. The van der Waals surface area contributed by atoms with Gasteiger partial charge in [-0.1, -0.05) is 18.2 Å². The normalized spacial score (nSPS) is 14.1. The van der Waals surface area contributed by atoms with Gasteiger partial charge in [-0.15, -0.1) is 0 Å². The van der Waals surface area contributed by atoms with Crippen molar-refractivity contribution >= 4 is 32.4 Å². The van der Waals surface area contributed by atoms with Crippen molar-refractivity contribution in [2.75, 3.05) is 32.6 Å². The van der Waals surface area contributed by atoms with Crippen molar-refractivity contribution in [3.8, 4) is 11.1 Å². The summed E-state index contributed by atoms with van der Waals surface area (Å²) in [5.41, 5.74) is 1.62. The van der Waals surface area contributed by atoms with E-state index in [1.807, 2.05) is 0 Å². The molecule has 0 radical (unpaired) electrons. The van der Waals surface area contributed by atoms with E-state index in [1.165, 1.54) is 42.0 Å². The summed E-state index contributed by atoms with van der Waals surface area (Å²) in [6.07, 6.45) is 3.87. The molecule has 0 spiro atoms. The van der Waals surface area contributed by atoms with E-state index in [-0.39, 0.29) is 17.4 Å². The van der Waals surface area contributed by atoms with Gasteiger partial charge in [-0.05, 0) is 18.2 Å². The molecule has 1 aromatic heterocycles. The summed E-state index contributed by atoms with van der Waals surface area (Å²) in [7, 11) is -3.80. The van der Waals surface area contributed by atoms with Crippen LogP contribution in [0.1, 0.15) is 15.9 Å². The lowest BCUT2D eigenvalue weighted by Gasteiger charge is -2.27. The molecular weight excluding hydrogens is 461 g/mol. The molecule has 0 saturated carbocycles. The number of benzene rings is 2. The molecule has 1 amide bonds. The van der Waals surface area contributed by atoms with E-state index in [0.29, 0.717) is 48.7 Å². The van der Waals surface area contributed by atoms with Gasteiger partial charge >= 0.3 is 5.95 Å². The molecule has 9 nitrogen and oxygen atoms in total. The Morgan fingerprint density at radius 3 is 2.44 bits per heavy atom. The van der Waals surface area contributed by atoms with Gasteiger partial charge in [0, 0.05) is 54.5 Å². The number of hydrogen-bond acceptors (Lipinski definition) is 7. The number of carbonyl (C=O) groups excluding carboxylic acids is 1. The van der Waals surface area contributed by atoms with E-state index in [4.69, 9.17) is 10.1 Å². The molecule has 1 aliphatic rings. The van der Waals surface area contributed by atoms with Gasteiger partial charge in [0.1, 0.15) is 11.5 Å². The van der Waals surface area contributed by atoms with Gasteiger partial charge in [0.2, 0.25) is 0 Å². The highest BCUT2D eigenvalue weighted by atomic mass is 32.2. The van der Waals surface area contributed by atoms with Gasteiger partial charge in [0.25, 0.3) is 5.91 Å². The number of sulfone groups is 1. The molecule has 0 atom stereocenters. The van der Waals surface area contributed by atoms with E-state index in [9.17, 15) is 17.6 Å². The zero-order chi connectivity index (χ0) is 24.3. The number of hydrogen-bond donors (Lipinski definition) is 2. The SMILES string of the molecule is CS(=O)(=O)C(=N)c1ccc(C(=O)N2CCOCC2)cc1[NH2+]c1ncc(-c2ccccc2F)cn1. The topological polar surface area (TPSA) is 130 Å². The van der Waals surface area contributed by atoms with Gasteiger partial charge in [-0.3, -0.25) is 10.2 Å². The fraction of sp³-hybridized carbons (Fsp3) is 0.217. The second kappa shape index (κ2) is 9.75. The molecule has 2 heterocycles. The first-order valence-corrected chi connectivity index (χ1v) is 12.3. The molecule has 11 heteroatoms. The Kier molecular flexibility index (Phi) is 6.77. The lowest BCUT2D eigenvalue weighted by molar-refractivity contribution is -0.487. The zero-order valence-electron chi connectivity index (χ0n) is 18.4. The van der Waals surface area contributed by atoms with E-state index in [2.05, 4.69) is 9.97 Å². The minimum Gasteiger partial charge on any atom is -0.378 e. The summed E-state index contributed by atoms with van der Waals surface area (Å²) >= 11 is 0. The minimum absolute atomic E-state index is 0.128. The quantitative estimate of drug-likeness (QED) is 0.322. The highest BCUT2D eigenvalue weighted by Crippen LogP contribution is 2.22. The Morgan fingerprint density at radius 2 is 1.79 bits per heavy atom. The number of aromatic nitrogens is 2. The highest BCUT2D eigenvalue weighted by Gasteiger charge is 2.25. The third kappa shape index (κ3) is 5.16. The molecule has 1 aliphatic heterocycles. The maximum Gasteiger partial charge on any atom is 0.330 e. The van der Waals surface area contributed by atoms with Gasteiger partial charge < -0.3 is 9.64 Å². The van der Waals surface area contributed by atoms with Crippen molar-refractivity contribution in [2.45, 2.75) is 0 Å². The second-order valence-corrected chi connectivity index (χ2v) is 9.71. The number of halogens is 1. The van der Waals surface area contributed by atoms with E-state index < -0.39 is 20.7 Å². The first-order valence-electron chi connectivity index (χ1n) is 10.5. The summed E-state index contributed by atoms with van der Waals surface area (Å²) < 4.78 is 43.4. The number of amides is 1. The lowest BCUT2D eigenvalue weighted by Crippen LogP contribution is -2.73. The Balaban J connectivity index is 1.67. The molecule has 2 aromatic carbocycles. The van der Waals surface area contributed by atoms with E-state index in [1.54, 1.807) is 23.1 Å². The average molecular weight is 485 g/mol. The summed E-state index contributed by atoms with van der Waals surface area (Å²) in [5, 5.41) is 9.05. The lowest BCUT2D eigenvalue weighted by atomic mass is 10.1. The maximum atomic E-state index is 14.1. The van der Waals surface area contributed by atoms with Crippen molar-refractivity contribution < 1.29 is 27.7 Å². The highest BCUT2D eigenvalue weighted by molar-refractivity contribution is 8.06. The summed E-state index contributed by atoms with van der Waals surface area (Å²) in [4.78, 5) is 23.1. The Morgan fingerprint density at radius 1 is 1.12 bits per heavy atom. The van der Waals surface area contributed by atoms with E-state index >= 15 is 0 Å². The predicted molar refractivity (Wildman–Crippen MR) is 124 cm³/mol. The number of carbonyl (C=O) groups is 1. The minimum atomic E-state index is -3.80. The molecule has 0 aliphatic carbocycles. The first-order chi connectivity index (χ1) is 16.2. The molecule has 1 fully saturated rings. The monoisotopic (exact) mass is 484 g/mol. The number of nitrogens with zero attached hydrogens (tertiary/aromatic N) is 3. The molecule has 3 aromatic rings. The molecule has 3 N–H and O–H groups in total. The van der Waals surface area contributed by atoms with Crippen LogP contribution in [0.2, 0.25) is 0 Å². The van der Waals surface area contributed by atoms with Crippen molar-refractivity contribution in [3.05, 3.63) is 71.8 Å². The van der Waals surface area contributed by atoms with Gasteiger partial charge in [-0.25, -0.2) is 18.1 Å². The van der Waals surface area contributed by atoms with Crippen LogP contribution >= 0.6 is 0 Å². The van der Waals surface area contributed by atoms with Crippen LogP contribution in [-0.4, -0.2) is 66.8 Å². The number of quaternary nitrogens is 1. The number of nitrogens with one attached hydrogen (secondary N) is 1. The van der Waals surface area contributed by atoms with Gasteiger partial charge in [-0.2, -0.15) is 9.97 Å². The molecule has 0 unspecified atom stereocenters. The van der Waals surface area contributed by atoms with Crippen LogP contribution in [0.15, 0.2) is 54.9 Å². The molecule has 1 saturated heterocycles. The largest absolute Gasteiger partial charge is 0.378 e. The third-order valence-corrected chi connectivity index (χ3v) is 6.32. The van der Waals surface area contributed by atoms with Crippen molar-refractivity contribution in [2.24, 2.45) is 0 Å². The van der Waals surface area contributed by atoms with Crippen molar-refractivity contribution in [1.29, 1.82) is 5.41 Å². The van der Waals surface area contributed by atoms with Crippen LogP contribution in [0.4, 0.5) is 16.0 Å². The van der Waals surface area contributed by atoms with Crippen LogP contribution in [0.25, 0.3) is 11.1 Å². The number of nitrogens with two attached hydrogens (primary N) is 1. The molecule has 176 valence electrons. The van der Waals surface area contributed by atoms with Crippen LogP contribution < -0.4 is 5.32 Å². The van der Waals surface area contributed by atoms with Gasteiger partial charge in [0.15, 0.2) is 14.9 Å². The van der Waals surface area contributed by atoms with Crippen molar-refractivity contribution in [1.82, 2.24) is 14.9 Å². The van der Waals surface area contributed by atoms with Crippen LogP contribution in [0.5, 0.6) is 0 Å². The predicted octanol–water partition coefficient (Wildman–Crippen LogP) is 1.65. The Labute approximate surface area is 196 Å². The Bertz CT molecular complexity index is 1340. The van der Waals surface area contributed by atoms with E-state index in [0.717, 1.165) is 6.26 Å². The standard InChI is InChI=1S/C23H22FN5O4S/c1-34(31,32)21(25)18-7-6-15(22(30)29-8-10-33-11-9-29)12-20(18)28-23-26-13-16(14-27-23)17-4-2-3-5-19(17)24/h2-7,12-14,25H,8-11H2,1H3,(H,26,27,28)/p+1. The summed E-state index contributed by atoms with van der Waals surface area (Å²) in [6, 6.07) is 10.7. The smallest absolute Gasteiger partial charge is 0.330 e. The first kappa shape index (κ1) is 23.6. The number of rotatable bonds is 5. The molecule has 34 heavy (non-hydrogen) atoms. The number of ether oxygens (including phenoxy) is 1. The Hall–Kier alpha value is -3.54. The third-order valence-electron chi connectivity index (χ3n) is 5.35. The van der Waals surface area contributed by atoms with Crippen LogP contribution in [0.3, 0.4) is 0 Å². The molecule has 4 rings (SSSR count). The average Bonchev–Trinajstić information content (AvgIpc) is 2.84. The molecule has 0 bridgehead atoms. The van der Waals surface area contributed by atoms with Gasteiger partial charge in [0.05, 0.1) is 18.8 Å². The number of morpholine rings is 1. The fourth-order valence-electron chi connectivity index (χ4n) is 3.56. The summed E-state index contributed by atoms with van der Waals surface area (Å²) in [6.45, 7) is 1.81. The summed E-state index contributed by atoms with van der Waals surface area (Å²) in [5.74, 6) is -0.397. The van der Waals surface area contributed by atoms with Crippen molar-refractivity contribution in [3.63, 3.8) is 0 Å². The fourth-order valence-corrected chi connectivity index (χ4v) is 4.14. The van der Waals surface area contributed by atoms with Crippen LogP contribution in [0, 0.1) is 11.2 Å².